The van der Waals surface area contributed by atoms with Crippen LogP contribution in [-0.2, 0) is 0 Å². The smallest absolute Gasteiger partial charge is 0.252 e. The molecule has 14 aromatic rings. The summed E-state index contributed by atoms with van der Waals surface area (Å²) in [6.07, 6.45) is 0. The van der Waals surface area contributed by atoms with E-state index in [0.717, 1.165) is 39.8 Å². The lowest BCUT2D eigenvalue weighted by molar-refractivity contribution is 1.16. The summed E-state index contributed by atoms with van der Waals surface area (Å²) in [4.78, 5) is 9.99. The van der Waals surface area contributed by atoms with Gasteiger partial charge in [0.2, 0.25) is 6.71 Å². The van der Waals surface area contributed by atoms with E-state index >= 15 is 0 Å². The Labute approximate surface area is 468 Å². The molecule has 0 unspecified atom stereocenters. The first kappa shape index (κ1) is 44.1. The van der Waals surface area contributed by atoms with Gasteiger partial charge in [0.05, 0.1) is 16.7 Å². The van der Waals surface area contributed by atoms with Gasteiger partial charge in [-0.1, -0.05) is 187 Å². The second-order valence-corrected chi connectivity index (χ2v) is 22.7. The molecular weight excluding hydrogens is 989 g/mol. The molecular formula is C72H45B2N5S. The van der Waals surface area contributed by atoms with Crippen molar-refractivity contribution in [1.82, 2.24) is 9.13 Å². The van der Waals surface area contributed by atoms with E-state index in [4.69, 9.17) is 0 Å². The SMILES string of the molecule is c1ccc(N(c2ccccc2)c2cc3c4c(c2)-n2c5ccccc5c5cccc(c52)B4c2cc4c(cc2S3)N(c2ccccc2)c2cc(N(c3ccccc3)c3ccccc3)cc3c2B4c2cccc4c5ccccc5n-3c24)cc1. The van der Waals surface area contributed by atoms with Crippen molar-refractivity contribution < 1.29 is 0 Å². The Morgan fingerprint density at radius 1 is 0.287 bits per heavy atom. The van der Waals surface area contributed by atoms with Crippen LogP contribution in [0.25, 0.3) is 55.0 Å². The zero-order chi connectivity index (χ0) is 52.2. The molecule has 12 aromatic carbocycles. The molecule has 0 saturated carbocycles. The maximum absolute atomic E-state index is 2.65. The average molecular weight is 1030 g/mol. The van der Waals surface area contributed by atoms with Gasteiger partial charge in [0, 0.05) is 99.2 Å². The third-order valence-corrected chi connectivity index (χ3v) is 18.6. The van der Waals surface area contributed by atoms with Crippen molar-refractivity contribution in [3.8, 4) is 11.4 Å². The van der Waals surface area contributed by atoms with Gasteiger partial charge in [-0.15, -0.1) is 0 Å². The van der Waals surface area contributed by atoms with Crippen molar-refractivity contribution in [2.75, 3.05) is 14.7 Å². The number of nitrogens with zero attached hydrogens (tertiary/aromatic N) is 5. The first-order chi connectivity index (χ1) is 39.7. The highest BCUT2D eigenvalue weighted by Gasteiger charge is 2.46. The fourth-order valence-electron chi connectivity index (χ4n) is 14.4. The fraction of sp³-hybridized carbons (Fsp3) is 0. The first-order valence-corrected chi connectivity index (χ1v) is 28.5. The van der Waals surface area contributed by atoms with Crippen molar-refractivity contribution in [3.05, 3.63) is 273 Å². The molecule has 0 bridgehead atoms. The van der Waals surface area contributed by atoms with Crippen LogP contribution in [0.2, 0.25) is 0 Å². The van der Waals surface area contributed by atoms with Gasteiger partial charge in [-0.3, -0.25) is 0 Å². The van der Waals surface area contributed by atoms with Crippen LogP contribution >= 0.6 is 11.8 Å². The van der Waals surface area contributed by atoms with Crippen molar-refractivity contribution in [1.29, 1.82) is 0 Å². The third kappa shape index (κ3) is 6.11. The highest BCUT2D eigenvalue weighted by atomic mass is 32.2. The van der Waals surface area contributed by atoms with Crippen LogP contribution in [0.1, 0.15) is 0 Å². The van der Waals surface area contributed by atoms with Gasteiger partial charge in [0.15, 0.2) is 0 Å². The lowest BCUT2D eigenvalue weighted by Gasteiger charge is -2.43. The van der Waals surface area contributed by atoms with Crippen molar-refractivity contribution in [2.45, 2.75) is 9.79 Å². The van der Waals surface area contributed by atoms with Gasteiger partial charge in [0.25, 0.3) is 6.71 Å². The normalized spacial score (nSPS) is 13.1. The number of rotatable bonds is 7. The fourth-order valence-corrected chi connectivity index (χ4v) is 15.6. The van der Waals surface area contributed by atoms with Crippen molar-refractivity contribution in [3.63, 3.8) is 0 Å². The first-order valence-electron chi connectivity index (χ1n) is 27.7. The second kappa shape index (κ2) is 16.8. The van der Waals surface area contributed by atoms with Crippen LogP contribution < -0.4 is 47.5 Å². The van der Waals surface area contributed by atoms with Crippen LogP contribution in [0.3, 0.4) is 0 Å². The number of hydrogen-bond acceptors (Lipinski definition) is 4. The second-order valence-electron chi connectivity index (χ2n) is 21.6. The van der Waals surface area contributed by atoms with E-state index in [2.05, 4.69) is 297 Å². The van der Waals surface area contributed by atoms with Gasteiger partial charge >= 0.3 is 0 Å². The van der Waals surface area contributed by atoms with E-state index in [1.807, 2.05) is 11.8 Å². The average Bonchev–Trinajstić information content (AvgIpc) is 3.33. The zero-order valence-electron chi connectivity index (χ0n) is 43.3. The van der Waals surface area contributed by atoms with Crippen molar-refractivity contribution in [2.24, 2.45) is 0 Å². The molecule has 4 aliphatic rings. The topological polar surface area (TPSA) is 19.6 Å². The Hall–Kier alpha value is -9.88. The van der Waals surface area contributed by atoms with E-state index < -0.39 is 0 Å². The lowest BCUT2D eigenvalue weighted by atomic mass is 9.31. The van der Waals surface area contributed by atoms with Gasteiger partial charge in [0.1, 0.15) is 0 Å². The summed E-state index contributed by atoms with van der Waals surface area (Å²) >= 11 is 1.93. The largest absolute Gasteiger partial charge is 0.311 e. The van der Waals surface area contributed by atoms with Gasteiger partial charge < -0.3 is 23.8 Å². The minimum absolute atomic E-state index is 0.0254. The monoisotopic (exact) mass is 1030 g/mol. The van der Waals surface area contributed by atoms with Crippen LogP contribution in [0, 0.1) is 0 Å². The molecule has 4 aliphatic heterocycles. The molecule has 370 valence electrons. The Kier molecular flexibility index (Phi) is 9.28. The molecule has 6 heterocycles. The molecule has 18 rings (SSSR count). The highest BCUT2D eigenvalue weighted by molar-refractivity contribution is 8.00. The van der Waals surface area contributed by atoms with E-state index in [9.17, 15) is 0 Å². The molecule has 2 aromatic heterocycles. The Balaban J connectivity index is 0.949. The summed E-state index contributed by atoms with van der Waals surface area (Å²) in [6, 6.07) is 102. The molecule has 0 saturated heterocycles. The van der Waals surface area contributed by atoms with Gasteiger partial charge in [-0.25, -0.2) is 0 Å². The van der Waals surface area contributed by atoms with Crippen LogP contribution in [-0.4, -0.2) is 22.6 Å². The van der Waals surface area contributed by atoms with E-state index in [-0.39, 0.29) is 13.4 Å². The number of benzene rings is 12. The third-order valence-electron chi connectivity index (χ3n) is 17.4. The minimum Gasteiger partial charge on any atom is -0.311 e. The summed E-state index contributed by atoms with van der Waals surface area (Å²) < 4.78 is 5.17. The molecule has 8 heteroatoms. The van der Waals surface area contributed by atoms with Gasteiger partial charge in [-0.2, -0.15) is 0 Å². The molecule has 0 aliphatic carbocycles. The molecule has 0 spiro atoms. The van der Waals surface area contributed by atoms with Gasteiger partial charge in [-0.05, 0) is 130 Å². The van der Waals surface area contributed by atoms with Crippen LogP contribution in [0.4, 0.5) is 51.2 Å². The predicted octanol–water partition coefficient (Wildman–Crippen LogP) is 14.7. The molecule has 0 N–H and O–H groups in total. The summed E-state index contributed by atoms with van der Waals surface area (Å²) in [6.45, 7) is -0.0938. The van der Waals surface area contributed by atoms with E-state index in [1.165, 1.54) is 109 Å². The highest BCUT2D eigenvalue weighted by Crippen LogP contribution is 2.49. The number of hydrogen-bond donors (Lipinski definition) is 0. The maximum Gasteiger partial charge on any atom is 0.252 e. The predicted molar refractivity (Wildman–Crippen MR) is 339 cm³/mol. The number of fused-ring (bicyclic) bond motifs is 14. The molecule has 5 nitrogen and oxygen atoms in total. The molecule has 0 amide bonds. The van der Waals surface area contributed by atoms with E-state index in [0.29, 0.717) is 0 Å². The Morgan fingerprint density at radius 2 is 0.713 bits per heavy atom. The van der Waals surface area contributed by atoms with E-state index in [1.54, 1.807) is 0 Å². The standard InChI is InChI=1S/C72H45B2N5S/c1-6-22-46(23-7-1)75(47-24-8-2-9-25-47)51-40-64-69-65(41-51)78-61-38-18-16-32-53(61)55-34-20-36-57(71(55)78)73(69)59-44-60-67(45-63(59)77(64)50-30-14-5-15-31-50)80-68-43-52(76(48-26-10-3-11-27-48)49-28-12-4-13-29-49)42-66-70(68)74(60)58-37-21-35-56-54-33-17-19-39-62(54)79(66)72(56)58/h1-45H. The molecule has 0 atom stereocenters. The van der Waals surface area contributed by atoms with Crippen LogP contribution in [0.5, 0.6) is 0 Å². The zero-order valence-corrected chi connectivity index (χ0v) is 44.1. The summed E-state index contributed by atoms with van der Waals surface area (Å²) in [5.74, 6) is 0. The quantitative estimate of drug-likeness (QED) is 0.148. The Bertz CT molecular complexity index is 4810. The Morgan fingerprint density at radius 3 is 1.24 bits per heavy atom. The summed E-state index contributed by atoms with van der Waals surface area (Å²) in [7, 11) is 0. The maximum atomic E-state index is 2.65. The van der Waals surface area contributed by atoms with Crippen LogP contribution in [0.15, 0.2) is 283 Å². The number of anilines is 9. The summed E-state index contributed by atoms with van der Waals surface area (Å²) in [5, 5.41) is 5.10. The summed E-state index contributed by atoms with van der Waals surface area (Å²) in [5.41, 5.74) is 25.6. The molecule has 0 radical (unpaired) electrons. The molecule has 80 heavy (non-hydrogen) atoms. The molecule has 0 fully saturated rings. The minimum atomic E-state index is -0.0684. The lowest BCUT2D eigenvalue weighted by Crippen LogP contribution is -2.63. The number of aromatic nitrogens is 2. The van der Waals surface area contributed by atoms with Crippen molar-refractivity contribution >= 4 is 153 Å². The number of para-hydroxylation sites is 9.